The number of amides is 1. The van der Waals surface area contributed by atoms with E-state index in [0.717, 1.165) is 23.0 Å². The van der Waals surface area contributed by atoms with Gasteiger partial charge in [0.1, 0.15) is 0 Å². The molecule has 0 unspecified atom stereocenters. The summed E-state index contributed by atoms with van der Waals surface area (Å²) in [6.07, 6.45) is 7.51. The maximum Gasteiger partial charge on any atom is 0.251 e. The van der Waals surface area contributed by atoms with Crippen molar-refractivity contribution < 1.29 is 4.79 Å². The third-order valence-corrected chi connectivity index (χ3v) is 7.71. The van der Waals surface area contributed by atoms with Crippen LogP contribution < -0.4 is 10.6 Å². The van der Waals surface area contributed by atoms with Crippen molar-refractivity contribution in [2.24, 2.45) is 17.8 Å². The maximum absolute atomic E-state index is 12.9. The Balaban J connectivity index is 1.30. The molecule has 31 heavy (non-hydrogen) atoms. The zero-order chi connectivity index (χ0) is 20.8. The third-order valence-electron chi connectivity index (χ3n) is 7.71. The summed E-state index contributed by atoms with van der Waals surface area (Å²) in [5, 5.41) is 6.92. The average molecular weight is 410 g/mol. The molecule has 0 saturated heterocycles. The minimum Gasteiger partial charge on any atom is -0.378 e. The van der Waals surface area contributed by atoms with Gasteiger partial charge in [-0.15, -0.1) is 0 Å². The number of benzene rings is 2. The first-order valence-corrected chi connectivity index (χ1v) is 11.4. The number of carbonyl (C=O) groups is 1. The van der Waals surface area contributed by atoms with Gasteiger partial charge in [-0.1, -0.05) is 30.3 Å². The standard InChI is InChI=1S/C27H27N3O/c31-27(29-16-17-10-12-28-13-11-17)21-8-9-23-22(15-21)24-19-6-7-20(14-19)25(24)26(30-23)18-4-2-1-3-5-18/h1-5,8-13,15,19-20,24-26,30H,6-7,14,16H2,(H,29,31)/t19-,20-,24+,25-,26+/m0/s1. The van der Waals surface area contributed by atoms with Gasteiger partial charge in [0.2, 0.25) is 0 Å². The number of anilines is 1. The molecule has 2 bridgehead atoms. The predicted octanol–water partition coefficient (Wildman–Crippen LogP) is 5.31. The first-order chi connectivity index (χ1) is 15.3. The van der Waals surface area contributed by atoms with Gasteiger partial charge in [-0.25, -0.2) is 0 Å². The van der Waals surface area contributed by atoms with Gasteiger partial charge in [0.25, 0.3) is 5.91 Å². The van der Waals surface area contributed by atoms with Gasteiger partial charge in [0.15, 0.2) is 0 Å². The Kier molecular flexibility index (Phi) is 4.52. The van der Waals surface area contributed by atoms with Crippen LogP contribution in [-0.2, 0) is 6.54 Å². The zero-order valence-electron chi connectivity index (χ0n) is 17.5. The van der Waals surface area contributed by atoms with Gasteiger partial charge in [0, 0.05) is 30.2 Å². The van der Waals surface area contributed by atoms with Crippen molar-refractivity contribution in [3.63, 3.8) is 0 Å². The molecule has 6 rings (SSSR count). The highest BCUT2D eigenvalue weighted by Gasteiger charge is 2.53. The Hall–Kier alpha value is -3.14. The summed E-state index contributed by atoms with van der Waals surface area (Å²) in [5.74, 6) is 2.68. The minimum atomic E-state index is -0.00972. The van der Waals surface area contributed by atoms with Crippen LogP contribution in [0.3, 0.4) is 0 Å². The summed E-state index contributed by atoms with van der Waals surface area (Å²) in [5.41, 5.74) is 5.75. The molecule has 4 nitrogen and oxygen atoms in total. The number of nitrogens with zero attached hydrogens (tertiary/aromatic N) is 1. The van der Waals surface area contributed by atoms with Crippen molar-refractivity contribution in [2.75, 3.05) is 5.32 Å². The maximum atomic E-state index is 12.9. The van der Waals surface area contributed by atoms with Crippen molar-refractivity contribution >= 4 is 11.6 Å². The Morgan fingerprint density at radius 1 is 1.00 bits per heavy atom. The summed E-state index contributed by atoms with van der Waals surface area (Å²) in [6, 6.07) is 21.4. The largest absolute Gasteiger partial charge is 0.378 e. The molecule has 2 aromatic carbocycles. The molecule has 2 fully saturated rings. The fourth-order valence-electron chi connectivity index (χ4n) is 6.40. The summed E-state index contributed by atoms with van der Waals surface area (Å²) in [6.45, 7) is 0.517. The molecule has 2 heterocycles. The SMILES string of the molecule is O=C(NCc1ccncc1)c1ccc2c(c1)[C@H]1[C@H]3CC[C@@H](C3)[C@@H]1[C@@H](c1ccccc1)N2. The summed E-state index contributed by atoms with van der Waals surface area (Å²) in [7, 11) is 0. The molecule has 4 heteroatoms. The lowest BCUT2D eigenvalue weighted by molar-refractivity contribution is 0.0950. The van der Waals surface area contributed by atoms with Crippen LogP contribution in [0.4, 0.5) is 5.69 Å². The van der Waals surface area contributed by atoms with Gasteiger partial charge in [-0.05, 0) is 90.0 Å². The fourth-order valence-corrected chi connectivity index (χ4v) is 6.40. The lowest BCUT2D eigenvalue weighted by atomic mass is 9.68. The van der Waals surface area contributed by atoms with Gasteiger partial charge < -0.3 is 10.6 Å². The number of hydrogen-bond donors (Lipinski definition) is 2. The molecular formula is C27H27N3O. The predicted molar refractivity (Wildman–Crippen MR) is 122 cm³/mol. The van der Waals surface area contributed by atoms with Crippen molar-refractivity contribution in [3.8, 4) is 0 Å². The monoisotopic (exact) mass is 409 g/mol. The molecule has 156 valence electrons. The van der Waals surface area contributed by atoms with Crippen LogP contribution in [0.2, 0.25) is 0 Å². The molecule has 0 spiro atoms. The number of aromatic nitrogens is 1. The molecule has 1 amide bonds. The van der Waals surface area contributed by atoms with E-state index in [9.17, 15) is 4.79 Å². The fraction of sp³-hybridized carbons (Fsp3) is 0.333. The number of nitrogens with one attached hydrogen (secondary N) is 2. The zero-order valence-corrected chi connectivity index (χ0v) is 17.5. The molecule has 3 aromatic rings. The van der Waals surface area contributed by atoms with E-state index in [1.807, 2.05) is 18.2 Å². The number of carbonyl (C=O) groups excluding carboxylic acids is 1. The second kappa shape index (κ2) is 7.52. The van der Waals surface area contributed by atoms with Gasteiger partial charge in [-0.2, -0.15) is 0 Å². The van der Waals surface area contributed by atoms with Crippen LogP contribution >= 0.6 is 0 Å². The second-order valence-corrected chi connectivity index (χ2v) is 9.31. The van der Waals surface area contributed by atoms with E-state index in [4.69, 9.17) is 0 Å². The van der Waals surface area contributed by atoms with E-state index in [-0.39, 0.29) is 5.91 Å². The third kappa shape index (κ3) is 3.21. The van der Waals surface area contributed by atoms with Crippen LogP contribution in [0.15, 0.2) is 73.1 Å². The van der Waals surface area contributed by atoms with Crippen LogP contribution in [0.1, 0.15) is 58.3 Å². The van der Waals surface area contributed by atoms with Crippen molar-refractivity contribution in [3.05, 3.63) is 95.3 Å². The normalized spacial score (nSPS) is 27.8. The number of rotatable bonds is 4. The molecule has 2 saturated carbocycles. The molecule has 1 aromatic heterocycles. The molecule has 1 aliphatic heterocycles. The number of hydrogen-bond acceptors (Lipinski definition) is 3. The van der Waals surface area contributed by atoms with E-state index in [1.54, 1.807) is 12.4 Å². The van der Waals surface area contributed by atoms with E-state index >= 15 is 0 Å². The average Bonchev–Trinajstić information content (AvgIpc) is 3.46. The minimum absolute atomic E-state index is 0.00972. The van der Waals surface area contributed by atoms with E-state index < -0.39 is 0 Å². The smallest absolute Gasteiger partial charge is 0.251 e. The lowest BCUT2D eigenvalue weighted by Crippen LogP contribution is -2.35. The molecule has 2 N–H and O–H groups in total. The highest BCUT2D eigenvalue weighted by Crippen LogP contribution is 2.63. The Labute approximate surface area is 183 Å². The lowest BCUT2D eigenvalue weighted by Gasteiger charge is -2.43. The van der Waals surface area contributed by atoms with E-state index in [0.29, 0.717) is 24.4 Å². The number of pyridine rings is 1. The van der Waals surface area contributed by atoms with Gasteiger partial charge in [-0.3, -0.25) is 9.78 Å². The topological polar surface area (TPSA) is 54.0 Å². The highest BCUT2D eigenvalue weighted by molar-refractivity contribution is 5.95. The first kappa shape index (κ1) is 18.6. The van der Waals surface area contributed by atoms with Crippen LogP contribution in [0.25, 0.3) is 0 Å². The molecular weight excluding hydrogens is 382 g/mol. The highest BCUT2D eigenvalue weighted by atomic mass is 16.1. The van der Waals surface area contributed by atoms with E-state index in [2.05, 4.69) is 58.1 Å². The van der Waals surface area contributed by atoms with Crippen LogP contribution in [0.5, 0.6) is 0 Å². The summed E-state index contributed by atoms with van der Waals surface area (Å²) >= 11 is 0. The summed E-state index contributed by atoms with van der Waals surface area (Å²) < 4.78 is 0. The van der Waals surface area contributed by atoms with Crippen molar-refractivity contribution in [1.29, 1.82) is 0 Å². The van der Waals surface area contributed by atoms with Crippen LogP contribution in [-0.4, -0.2) is 10.9 Å². The van der Waals surface area contributed by atoms with Gasteiger partial charge in [0.05, 0.1) is 6.04 Å². The van der Waals surface area contributed by atoms with E-state index in [1.165, 1.54) is 36.1 Å². The van der Waals surface area contributed by atoms with Crippen molar-refractivity contribution in [1.82, 2.24) is 10.3 Å². The Morgan fingerprint density at radius 3 is 2.65 bits per heavy atom. The first-order valence-electron chi connectivity index (χ1n) is 11.4. The Bertz CT molecular complexity index is 1100. The van der Waals surface area contributed by atoms with Crippen LogP contribution in [0, 0.1) is 17.8 Å². The van der Waals surface area contributed by atoms with Gasteiger partial charge >= 0.3 is 0 Å². The summed E-state index contributed by atoms with van der Waals surface area (Å²) in [4.78, 5) is 16.9. The molecule has 3 aliphatic rings. The quantitative estimate of drug-likeness (QED) is 0.614. The van der Waals surface area contributed by atoms with Crippen molar-refractivity contribution in [2.45, 2.75) is 37.8 Å². The molecule has 5 atom stereocenters. The number of fused-ring (bicyclic) bond motifs is 7. The second-order valence-electron chi connectivity index (χ2n) is 9.31. The molecule has 2 aliphatic carbocycles. The Morgan fingerprint density at radius 2 is 1.81 bits per heavy atom. The molecule has 0 radical (unpaired) electrons.